The van der Waals surface area contributed by atoms with Gasteiger partial charge in [0.2, 0.25) is 5.91 Å². The van der Waals surface area contributed by atoms with E-state index in [0.717, 1.165) is 25.7 Å². The highest BCUT2D eigenvalue weighted by molar-refractivity contribution is 5.84. The van der Waals surface area contributed by atoms with Crippen molar-refractivity contribution in [1.82, 2.24) is 5.32 Å². The van der Waals surface area contributed by atoms with Crippen LogP contribution < -0.4 is 5.32 Å². The second kappa shape index (κ2) is 14.6. The lowest BCUT2D eigenvalue weighted by atomic mass is 9.70. The van der Waals surface area contributed by atoms with Gasteiger partial charge in [0, 0.05) is 32.3 Å². The van der Waals surface area contributed by atoms with E-state index in [2.05, 4.69) is 5.32 Å². The van der Waals surface area contributed by atoms with Crippen molar-refractivity contribution in [3.63, 3.8) is 0 Å². The summed E-state index contributed by atoms with van der Waals surface area (Å²) in [5, 5.41) is 22.4. The molecule has 34 heavy (non-hydrogen) atoms. The molecular formula is C25H43NO8. The average molecular weight is 486 g/mol. The van der Waals surface area contributed by atoms with E-state index in [1.165, 1.54) is 0 Å². The maximum atomic E-state index is 13.6. The number of nitrogens with one attached hydrogen (secondary N) is 1. The Bertz CT molecular complexity index is 649. The number of ether oxygens (including phenoxy) is 3. The Morgan fingerprint density at radius 3 is 2.41 bits per heavy atom. The van der Waals surface area contributed by atoms with Gasteiger partial charge < -0.3 is 29.7 Å². The molecule has 3 N–H and O–H groups in total. The van der Waals surface area contributed by atoms with Gasteiger partial charge >= 0.3 is 11.9 Å². The fourth-order valence-corrected chi connectivity index (χ4v) is 5.78. The van der Waals surface area contributed by atoms with Crippen LogP contribution in [0.15, 0.2) is 0 Å². The summed E-state index contributed by atoms with van der Waals surface area (Å²) in [6, 6.07) is -0.0995. The molecule has 4 unspecified atom stereocenters. The second-order valence-electron chi connectivity index (χ2n) is 9.75. The van der Waals surface area contributed by atoms with Crippen LogP contribution in [0.3, 0.4) is 0 Å². The molecule has 9 nitrogen and oxygen atoms in total. The zero-order valence-corrected chi connectivity index (χ0v) is 20.8. The molecule has 2 rings (SSSR count). The molecule has 0 spiro atoms. The molecule has 9 heteroatoms. The zero-order valence-electron chi connectivity index (χ0n) is 20.8. The van der Waals surface area contributed by atoms with Gasteiger partial charge in [-0.2, -0.15) is 0 Å². The van der Waals surface area contributed by atoms with Gasteiger partial charge in [0.25, 0.3) is 0 Å². The maximum absolute atomic E-state index is 13.6. The first-order valence-electron chi connectivity index (χ1n) is 12.7. The predicted molar refractivity (Wildman–Crippen MR) is 125 cm³/mol. The van der Waals surface area contributed by atoms with Gasteiger partial charge in [-0.15, -0.1) is 0 Å². The topological polar surface area (TPSA) is 131 Å². The van der Waals surface area contributed by atoms with Crippen LogP contribution in [0.2, 0.25) is 0 Å². The Kier molecular flexibility index (Phi) is 12.3. The fraction of sp³-hybridized carbons (Fsp3) is 0.880. The lowest BCUT2D eigenvalue weighted by Crippen LogP contribution is -2.51. The Morgan fingerprint density at radius 1 is 1.06 bits per heavy atom. The third-order valence-electron chi connectivity index (χ3n) is 7.60. The average Bonchev–Trinajstić information content (AvgIpc) is 3.30. The van der Waals surface area contributed by atoms with Gasteiger partial charge in [-0.1, -0.05) is 12.8 Å². The van der Waals surface area contributed by atoms with Gasteiger partial charge in [0.05, 0.1) is 37.6 Å². The van der Waals surface area contributed by atoms with Crippen LogP contribution in [0.4, 0.5) is 0 Å². The summed E-state index contributed by atoms with van der Waals surface area (Å²) in [5.41, 5.74) is -0.764. The molecule has 0 bridgehead atoms. The van der Waals surface area contributed by atoms with Crippen LogP contribution >= 0.6 is 0 Å². The van der Waals surface area contributed by atoms with Crippen LogP contribution in [0.25, 0.3) is 0 Å². The van der Waals surface area contributed by atoms with Crippen molar-refractivity contribution >= 4 is 17.8 Å². The molecule has 1 amide bonds. The van der Waals surface area contributed by atoms with Crippen LogP contribution in [-0.4, -0.2) is 74.2 Å². The van der Waals surface area contributed by atoms with Crippen molar-refractivity contribution < 1.29 is 38.8 Å². The summed E-state index contributed by atoms with van der Waals surface area (Å²) in [7, 11) is 1.58. The highest BCUT2D eigenvalue weighted by Crippen LogP contribution is 2.47. The number of hydrogen-bond acceptors (Lipinski definition) is 6. The third-order valence-corrected chi connectivity index (χ3v) is 7.60. The number of carbonyl (C=O) groups excluding carboxylic acids is 1. The van der Waals surface area contributed by atoms with Crippen LogP contribution in [0.5, 0.6) is 0 Å². The standard InChI is InChI=1S/C25H43NO8/c1-3-33-12-6-7-18-15-20(8-9-21(18)23(29)30)26-24(31)25(10-4-5-11-25)19(16-22(27)28)17-34-14-13-32-2/h18-21H,3-17H2,1-2H3,(H,26,31)(H,27,28)(H,29,30). The van der Waals surface area contributed by atoms with E-state index < -0.39 is 29.2 Å². The first kappa shape index (κ1) is 28.5. The number of methoxy groups -OCH3 is 1. The number of hydrogen-bond donors (Lipinski definition) is 3. The summed E-state index contributed by atoms with van der Waals surface area (Å²) in [6.07, 6.45) is 6.26. The normalized spacial score (nSPS) is 25.1. The summed E-state index contributed by atoms with van der Waals surface area (Å²) >= 11 is 0. The molecular weight excluding hydrogens is 442 g/mol. The molecule has 0 aromatic carbocycles. The van der Waals surface area contributed by atoms with Gasteiger partial charge in [-0.05, 0) is 57.8 Å². The van der Waals surface area contributed by atoms with Crippen LogP contribution in [-0.2, 0) is 28.6 Å². The number of rotatable bonds is 16. The van der Waals surface area contributed by atoms with Crippen molar-refractivity contribution in [3.05, 3.63) is 0 Å². The summed E-state index contributed by atoms with van der Waals surface area (Å²) in [5.74, 6) is -2.63. The van der Waals surface area contributed by atoms with E-state index in [1.807, 2.05) is 6.92 Å². The minimum atomic E-state index is -0.934. The zero-order chi connectivity index (χ0) is 25.0. The molecule has 196 valence electrons. The molecule has 0 aliphatic heterocycles. The monoisotopic (exact) mass is 485 g/mol. The van der Waals surface area contributed by atoms with Gasteiger partial charge in [-0.3, -0.25) is 14.4 Å². The summed E-state index contributed by atoms with van der Waals surface area (Å²) in [6.45, 7) is 4.16. The molecule has 2 aliphatic carbocycles. The van der Waals surface area contributed by atoms with Crippen LogP contribution in [0.1, 0.15) is 71.1 Å². The molecule has 0 heterocycles. The number of carboxylic acid groups (broad SMARTS) is 2. The fourth-order valence-electron chi connectivity index (χ4n) is 5.78. The maximum Gasteiger partial charge on any atom is 0.306 e. The van der Waals surface area contributed by atoms with E-state index in [4.69, 9.17) is 14.2 Å². The SMILES string of the molecule is CCOCCCC1CC(NC(=O)C2(C(COCCOC)CC(=O)O)CCCC2)CCC1C(=O)O. The molecule has 2 fully saturated rings. The van der Waals surface area contributed by atoms with Crippen molar-refractivity contribution in [2.75, 3.05) is 40.1 Å². The number of carbonyl (C=O) groups is 3. The Hall–Kier alpha value is -1.71. The second-order valence-corrected chi connectivity index (χ2v) is 9.75. The highest BCUT2D eigenvalue weighted by atomic mass is 16.5. The van der Waals surface area contributed by atoms with Gasteiger partial charge in [-0.25, -0.2) is 0 Å². The van der Waals surface area contributed by atoms with E-state index in [-0.39, 0.29) is 30.9 Å². The number of aliphatic carboxylic acids is 2. The smallest absolute Gasteiger partial charge is 0.306 e. The third kappa shape index (κ3) is 8.20. The molecule has 0 aromatic rings. The summed E-state index contributed by atoms with van der Waals surface area (Å²) < 4.78 is 16.1. The molecule has 0 aromatic heterocycles. The summed E-state index contributed by atoms with van der Waals surface area (Å²) in [4.78, 5) is 37.1. The van der Waals surface area contributed by atoms with E-state index in [1.54, 1.807) is 7.11 Å². The molecule has 0 saturated heterocycles. The minimum absolute atomic E-state index is 0.0104. The lowest BCUT2D eigenvalue weighted by Gasteiger charge is -2.39. The van der Waals surface area contributed by atoms with Gasteiger partial charge in [0.15, 0.2) is 0 Å². The molecule has 4 atom stereocenters. The van der Waals surface area contributed by atoms with Gasteiger partial charge in [0.1, 0.15) is 0 Å². The Labute approximate surface area is 202 Å². The lowest BCUT2D eigenvalue weighted by molar-refractivity contribution is -0.145. The molecule has 2 aliphatic rings. The first-order valence-corrected chi connectivity index (χ1v) is 12.7. The highest BCUT2D eigenvalue weighted by Gasteiger charge is 2.49. The molecule has 0 radical (unpaired) electrons. The van der Waals surface area contributed by atoms with E-state index in [0.29, 0.717) is 58.5 Å². The Balaban J connectivity index is 2.07. The number of carboxylic acids is 2. The van der Waals surface area contributed by atoms with E-state index in [9.17, 15) is 24.6 Å². The Morgan fingerprint density at radius 2 is 1.79 bits per heavy atom. The van der Waals surface area contributed by atoms with Crippen LogP contribution in [0, 0.1) is 23.2 Å². The first-order chi connectivity index (χ1) is 16.3. The van der Waals surface area contributed by atoms with Crippen molar-refractivity contribution in [1.29, 1.82) is 0 Å². The largest absolute Gasteiger partial charge is 0.481 e. The predicted octanol–water partition coefficient (Wildman–Crippen LogP) is 3.10. The number of amides is 1. The van der Waals surface area contributed by atoms with E-state index >= 15 is 0 Å². The van der Waals surface area contributed by atoms with Crippen molar-refractivity contribution in [2.24, 2.45) is 23.2 Å². The quantitative estimate of drug-likeness (QED) is 0.284. The molecule has 2 saturated carbocycles. The van der Waals surface area contributed by atoms with Crippen molar-refractivity contribution in [3.8, 4) is 0 Å². The minimum Gasteiger partial charge on any atom is -0.481 e. The van der Waals surface area contributed by atoms with Crippen molar-refractivity contribution in [2.45, 2.75) is 77.2 Å².